The molecule has 2 aliphatic rings. The standard InChI is InChI=1S/C18H22N4O2.C2HF3O2/c1-2-8-19-16(5-1)24-14-18-7-3-12-23-15(18)6-11-22(13-18)17-20-9-4-10-21-17;3-2(4,5)1(6)7/h1-2,4-5,8-10,15H,3,6-7,11-14H2;(H,6,7). The van der Waals surface area contributed by atoms with Crippen molar-refractivity contribution >= 4 is 11.9 Å². The number of aromatic nitrogens is 3. The summed E-state index contributed by atoms with van der Waals surface area (Å²) in [6.07, 6.45) is 3.62. The summed E-state index contributed by atoms with van der Waals surface area (Å²) in [5.41, 5.74) is -0.0345. The molecule has 2 fully saturated rings. The van der Waals surface area contributed by atoms with Crippen molar-refractivity contribution in [1.29, 1.82) is 0 Å². The van der Waals surface area contributed by atoms with Crippen molar-refractivity contribution in [1.82, 2.24) is 15.0 Å². The summed E-state index contributed by atoms with van der Waals surface area (Å²) in [4.78, 5) is 24.2. The number of carboxylic acids is 1. The summed E-state index contributed by atoms with van der Waals surface area (Å²) in [7, 11) is 0. The van der Waals surface area contributed by atoms with E-state index in [4.69, 9.17) is 19.4 Å². The number of hydrogen-bond acceptors (Lipinski definition) is 7. The monoisotopic (exact) mass is 440 g/mol. The quantitative estimate of drug-likeness (QED) is 0.775. The Bertz CT molecular complexity index is 841. The lowest BCUT2D eigenvalue weighted by atomic mass is 9.73. The molecule has 4 heterocycles. The molecule has 0 spiro atoms. The largest absolute Gasteiger partial charge is 0.490 e. The van der Waals surface area contributed by atoms with E-state index in [0.29, 0.717) is 12.5 Å². The Morgan fingerprint density at radius 1 is 1.23 bits per heavy atom. The second-order valence-electron chi connectivity index (χ2n) is 7.34. The first-order valence-electron chi connectivity index (χ1n) is 9.78. The van der Waals surface area contributed by atoms with Crippen LogP contribution in [-0.2, 0) is 9.53 Å². The summed E-state index contributed by atoms with van der Waals surface area (Å²) in [6, 6.07) is 7.59. The highest BCUT2D eigenvalue weighted by molar-refractivity contribution is 5.73. The molecule has 0 bridgehead atoms. The third kappa shape index (κ3) is 6.03. The molecule has 2 aliphatic heterocycles. The van der Waals surface area contributed by atoms with Gasteiger partial charge in [0.2, 0.25) is 11.8 Å². The molecule has 8 nitrogen and oxygen atoms in total. The highest BCUT2D eigenvalue weighted by Crippen LogP contribution is 2.41. The van der Waals surface area contributed by atoms with Crippen LogP contribution in [0.2, 0.25) is 0 Å². The lowest BCUT2D eigenvalue weighted by Gasteiger charge is -2.50. The van der Waals surface area contributed by atoms with E-state index in [2.05, 4.69) is 19.9 Å². The van der Waals surface area contributed by atoms with Crippen LogP contribution in [0, 0.1) is 5.41 Å². The van der Waals surface area contributed by atoms with E-state index in [1.807, 2.05) is 24.3 Å². The van der Waals surface area contributed by atoms with Crippen LogP contribution in [0.4, 0.5) is 19.1 Å². The number of piperidine rings is 1. The molecule has 2 atom stereocenters. The van der Waals surface area contributed by atoms with Gasteiger partial charge in [0, 0.05) is 49.8 Å². The van der Waals surface area contributed by atoms with Crippen molar-refractivity contribution in [2.75, 3.05) is 31.2 Å². The highest BCUT2D eigenvalue weighted by Gasteiger charge is 2.47. The van der Waals surface area contributed by atoms with Crippen molar-refractivity contribution in [3.63, 3.8) is 0 Å². The fourth-order valence-electron chi connectivity index (χ4n) is 3.78. The first-order valence-corrected chi connectivity index (χ1v) is 9.78. The summed E-state index contributed by atoms with van der Waals surface area (Å²) in [5.74, 6) is -1.30. The number of aliphatic carboxylic acids is 1. The van der Waals surface area contributed by atoms with Crippen LogP contribution in [0.1, 0.15) is 19.3 Å². The average molecular weight is 440 g/mol. The molecule has 0 aliphatic carbocycles. The molecule has 0 amide bonds. The highest BCUT2D eigenvalue weighted by atomic mass is 19.4. The summed E-state index contributed by atoms with van der Waals surface area (Å²) >= 11 is 0. The van der Waals surface area contributed by atoms with E-state index in [1.165, 1.54) is 0 Å². The second-order valence-corrected chi connectivity index (χ2v) is 7.34. The van der Waals surface area contributed by atoms with Crippen LogP contribution in [0.5, 0.6) is 5.88 Å². The molecule has 4 rings (SSSR count). The number of rotatable bonds is 4. The maximum Gasteiger partial charge on any atom is 0.490 e. The number of pyridine rings is 1. The maximum absolute atomic E-state index is 10.6. The van der Waals surface area contributed by atoms with Gasteiger partial charge in [0.25, 0.3) is 0 Å². The number of fused-ring (bicyclic) bond motifs is 1. The van der Waals surface area contributed by atoms with Crippen LogP contribution in [0.25, 0.3) is 0 Å². The second kappa shape index (κ2) is 9.90. The zero-order valence-corrected chi connectivity index (χ0v) is 16.7. The van der Waals surface area contributed by atoms with Gasteiger partial charge in [0.1, 0.15) is 0 Å². The minimum Gasteiger partial charge on any atom is -0.477 e. The molecule has 11 heteroatoms. The smallest absolute Gasteiger partial charge is 0.477 e. The number of carboxylic acid groups (broad SMARTS) is 1. The number of anilines is 1. The Hall–Kier alpha value is -2.95. The van der Waals surface area contributed by atoms with Crippen LogP contribution < -0.4 is 9.64 Å². The number of hydrogen-bond donors (Lipinski definition) is 1. The third-order valence-corrected chi connectivity index (χ3v) is 5.21. The molecule has 168 valence electrons. The number of carbonyl (C=O) groups is 1. The molecule has 2 aromatic rings. The zero-order valence-electron chi connectivity index (χ0n) is 16.7. The van der Waals surface area contributed by atoms with Gasteiger partial charge in [-0.25, -0.2) is 19.7 Å². The fourth-order valence-corrected chi connectivity index (χ4v) is 3.78. The average Bonchev–Trinajstić information content (AvgIpc) is 2.78. The Labute approximate surface area is 177 Å². The lowest BCUT2D eigenvalue weighted by molar-refractivity contribution is -0.192. The SMILES string of the molecule is O=C(O)C(F)(F)F.c1ccc(OCC23CCCOC2CCN(c2ncccn2)C3)nc1. The van der Waals surface area contributed by atoms with Crippen molar-refractivity contribution in [3.8, 4) is 5.88 Å². The Morgan fingerprint density at radius 3 is 2.58 bits per heavy atom. The molecular weight excluding hydrogens is 417 g/mol. The molecular formula is C20H23F3N4O4. The van der Waals surface area contributed by atoms with Crippen molar-refractivity contribution in [2.45, 2.75) is 31.5 Å². The van der Waals surface area contributed by atoms with Gasteiger partial charge in [-0.2, -0.15) is 13.2 Å². The molecule has 2 saturated heterocycles. The van der Waals surface area contributed by atoms with Crippen LogP contribution in [-0.4, -0.2) is 64.6 Å². The van der Waals surface area contributed by atoms with E-state index in [1.54, 1.807) is 18.6 Å². The lowest BCUT2D eigenvalue weighted by Crippen LogP contribution is -2.57. The first kappa shape index (κ1) is 22.7. The number of ether oxygens (including phenoxy) is 2. The number of alkyl halides is 3. The van der Waals surface area contributed by atoms with Crippen molar-refractivity contribution < 1.29 is 32.5 Å². The molecule has 2 aromatic heterocycles. The van der Waals surface area contributed by atoms with E-state index in [0.717, 1.165) is 44.9 Å². The summed E-state index contributed by atoms with van der Waals surface area (Å²) in [5, 5.41) is 7.12. The van der Waals surface area contributed by atoms with Gasteiger partial charge in [0.15, 0.2) is 0 Å². The minimum absolute atomic E-state index is 0.0345. The molecule has 31 heavy (non-hydrogen) atoms. The van der Waals surface area contributed by atoms with E-state index in [9.17, 15) is 13.2 Å². The van der Waals surface area contributed by atoms with Gasteiger partial charge in [-0.05, 0) is 31.4 Å². The van der Waals surface area contributed by atoms with E-state index < -0.39 is 12.1 Å². The predicted octanol–water partition coefficient (Wildman–Crippen LogP) is 2.96. The van der Waals surface area contributed by atoms with Crippen LogP contribution in [0.3, 0.4) is 0 Å². The van der Waals surface area contributed by atoms with Gasteiger partial charge in [0.05, 0.1) is 12.7 Å². The minimum atomic E-state index is -5.08. The number of halogens is 3. The van der Waals surface area contributed by atoms with Crippen LogP contribution in [0.15, 0.2) is 42.9 Å². The summed E-state index contributed by atoms with van der Waals surface area (Å²) < 4.78 is 43.9. The van der Waals surface area contributed by atoms with Crippen LogP contribution >= 0.6 is 0 Å². The van der Waals surface area contributed by atoms with Gasteiger partial charge >= 0.3 is 12.1 Å². The van der Waals surface area contributed by atoms with Crippen molar-refractivity contribution in [3.05, 3.63) is 42.9 Å². The first-order chi connectivity index (χ1) is 14.8. The Balaban J connectivity index is 0.000000339. The summed E-state index contributed by atoms with van der Waals surface area (Å²) in [6.45, 7) is 3.23. The zero-order chi connectivity index (χ0) is 22.3. The van der Waals surface area contributed by atoms with Gasteiger partial charge in [-0.3, -0.25) is 0 Å². The molecule has 1 N–H and O–H groups in total. The number of nitrogens with zero attached hydrogens (tertiary/aromatic N) is 4. The van der Waals surface area contributed by atoms with Crippen molar-refractivity contribution in [2.24, 2.45) is 5.41 Å². The Morgan fingerprint density at radius 2 is 1.94 bits per heavy atom. The topological polar surface area (TPSA) is 97.7 Å². The van der Waals surface area contributed by atoms with Gasteiger partial charge in [-0.15, -0.1) is 0 Å². The fraction of sp³-hybridized carbons (Fsp3) is 0.500. The predicted molar refractivity (Wildman–Crippen MR) is 104 cm³/mol. The normalized spacial score (nSPS) is 23.2. The van der Waals surface area contributed by atoms with Gasteiger partial charge < -0.3 is 19.5 Å². The van der Waals surface area contributed by atoms with E-state index >= 15 is 0 Å². The molecule has 0 aromatic carbocycles. The maximum atomic E-state index is 10.6. The molecule has 2 unspecified atom stereocenters. The Kier molecular flexibility index (Phi) is 7.26. The van der Waals surface area contributed by atoms with E-state index in [-0.39, 0.29) is 11.5 Å². The van der Waals surface area contributed by atoms with Gasteiger partial charge in [-0.1, -0.05) is 6.07 Å². The third-order valence-electron chi connectivity index (χ3n) is 5.21. The molecule has 0 saturated carbocycles. The molecule has 0 radical (unpaired) electrons.